The maximum absolute atomic E-state index is 5.10. The minimum absolute atomic E-state index is 0.582. The summed E-state index contributed by atoms with van der Waals surface area (Å²) in [6.07, 6.45) is 0. The van der Waals surface area contributed by atoms with Crippen molar-refractivity contribution in [2.75, 3.05) is 5.32 Å². The van der Waals surface area contributed by atoms with E-state index in [1.54, 1.807) is 0 Å². The van der Waals surface area contributed by atoms with Crippen LogP contribution in [0.4, 0.5) is 5.69 Å². The van der Waals surface area contributed by atoms with E-state index in [4.69, 9.17) is 4.99 Å². The highest BCUT2D eigenvalue weighted by Crippen LogP contribution is 2.39. The standard InChI is InChI=1S/C21H18N2/c1-16-19-14-8-9-15-20(19)23-21(22-16,17-10-4-2-5-11-17)18-12-6-3-7-13-18/h2-15,23H,1H3. The third kappa shape index (κ3) is 2.23. The summed E-state index contributed by atoms with van der Waals surface area (Å²) < 4.78 is 0. The minimum atomic E-state index is -0.582. The molecule has 0 atom stereocenters. The summed E-state index contributed by atoms with van der Waals surface area (Å²) in [4.78, 5) is 5.10. The fraction of sp³-hybridized carbons (Fsp3) is 0.0952. The van der Waals surface area contributed by atoms with E-state index in [0.29, 0.717) is 0 Å². The number of rotatable bonds is 2. The van der Waals surface area contributed by atoms with Gasteiger partial charge < -0.3 is 5.32 Å². The molecule has 0 saturated carbocycles. The van der Waals surface area contributed by atoms with Gasteiger partial charge in [-0.2, -0.15) is 0 Å². The smallest absolute Gasteiger partial charge is 0.182 e. The molecule has 0 amide bonds. The van der Waals surface area contributed by atoms with Crippen LogP contribution in [0.5, 0.6) is 0 Å². The normalized spacial score (nSPS) is 15.3. The predicted molar refractivity (Wildman–Crippen MR) is 95.9 cm³/mol. The van der Waals surface area contributed by atoms with Crippen molar-refractivity contribution in [3.63, 3.8) is 0 Å². The lowest BCUT2D eigenvalue weighted by Gasteiger charge is -2.37. The second kappa shape index (κ2) is 5.40. The van der Waals surface area contributed by atoms with E-state index in [1.165, 1.54) is 0 Å². The molecule has 0 unspecified atom stereocenters. The molecule has 0 aliphatic carbocycles. The quantitative estimate of drug-likeness (QED) is 0.720. The Morgan fingerprint density at radius 1 is 0.696 bits per heavy atom. The third-order valence-corrected chi connectivity index (χ3v) is 4.35. The lowest BCUT2D eigenvalue weighted by molar-refractivity contribution is 0.619. The van der Waals surface area contributed by atoms with Crippen molar-refractivity contribution < 1.29 is 0 Å². The molecule has 0 aromatic heterocycles. The van der Waals surface area contributed by atoms with Gasteiger partial charge >= 0.3 is 0 Å². The summed E-state index contributed by atoms with van der Waals surface area (Å²) in [5.74, 6) is 0. The van der Waals surface area contributed by atoms with Crippen LogP contribution in [0.15, 0.2) is 89.9 Å². The third-order valence-electron chi connectivity index (χ3n) is 4.35. The van der Waals surface area contributed by atoms with E-state index in [2.05, 4.69) is 85.0 Å². The van der Waals surface area contributed by atoms with Crippen molar-refractivity contribution in [2.24, 2.45) is 4.99 Å². The van der Waals surface area contributed by atoms with Gasteiger partial charge in [-0.25, -0.2) is 0 Å². The number of nitrogens with zero attached hydrogens (tertiary/aromatic N) is 1. The van der Waals surface area contributed by atoms with Crippen LogP contribution >= 0.6 is 0 Å². The van der Waals surface area contributed by atoms with Crippen LogP contribution in [0.1, 0.15) is 23.6 Å². The van der Waals surface area contributed by atoms with Crippen LogP contribution in [0.25, 0.3) is 0 Å². The molecule has 112 valence electrons. The van der Waals surface area contributed by atoms with E-state index >= 15 is 0 Å². The Morgan fingerprint density at radius 3 is 1.83 bits per heavy atom. The Balaban J connectivity index is 1.98. The number of nitrogens with one attached hydrogen (secondary N) is 1. The summed E-state index contributed by atoms with van der Waals surface area (Å²) >= 11 is 0. The zero-order valence-electron chi connectivity index (χ0n) is 13.0. The molecular formula is C21H18N2. The maximum Gasteiger partial charge on any atom is 0.182 e. The van der Waals surface area contributed by atoms with Crippen molar-refractivity contribution in [2.45, 2.75) is 12.6 Å². The van der Waals surface area contributed by atoms with Crippen LogP contribution < -0.4 is 5.32 Å². The second-order valence-electron chi connectivity index (χ2n) is 5.81. The highest BCUT2D eigenvalue weighted by Gasteiger charge is 2.37. The van der Waals surface area contributed by atoms with Crippen molar-refractivity contribution in [3.8, 4) is 0 Å². The molecule has 1 aliphatic heterocycles. The van der Waals surface area contributed by atoms with Gasteiger partial charge in [0.1, 0.15) is 0 Å². The fourth-order valence-electron chi connectivity index (χ4n) is 3.24. The molecule has 3 aromatic rings. The first-order chi connectivity index (χ1) is 11.3. The molecule has 0 saturated heterocycles. The number of hydrogen-bond donors (Lipinski definition) is 1. The number of benzene rings is 3. The summed E-state index contributed by atoms with van der Waals surface area (Å²) in [5.41, 5.74) is 5.02. The Kier molecular flexibility index (Phi) is 3.23. The first kappa shape index (κ1) is 13.8. The number of para-hydroxylation sites is 1. The van der Waals surface area contributed by atoms with Gasteiger partial charge in [0.2, 0.25) is 0 Å². The van der Waals surface area contributed by atoms with Gasteiger partial charge in [0, 0.05) is 28.1 Å². The summed E-state index contributed by atoms with van der Waals surface area (Å²) in [6, 6.07) is 29.2. The number of aliphatic imine (C=N–C) groups is 1. The molecule has 1 aliphatic rings. The molecule has 0 bridgehead atoms. The first-order valence-electron chi connectivity index (χ1n) is 7.85. The molecule has 2 heteroatoms. The predicted octanol–water partition coefficient (Wildman–Crippen LogP) is 4.82. The van der Waals surface area contributed by atoms with Crippen LogP contribution in [0.3, 0.4) is 0 Å². The molecule has 3 aromatic carbocycles. The largest absolute Gasteiger partial charge is 0.353 e. The number of fused-ring (bicyclic) bond motifs is 1. The zero-order chi connectivity index (χ0) is 15.7. The molecule has 2 nitrogen and oxygen atoms in total. The molecule has 23 heavy (non-hydrogen) atoms. The summed E-state index contributed by atoms with van der Waals surface area (Å²) in [5, 5.41) is 3.69. The Morgan fingerprint density at radius 2 is 1.22 bits per heavy atom. The van der Waals surface area contributed by atoms with Crippen molar-refractivity contribution >= 4 is 11.4 Å². The van der Waals surface area contributed by atoms with Gasteiger partial charge in [0.15, 0.2) is 5.66 Å². The topological polar surface area (TPSA) is 24.4 Å². The Bertz CT molecular complexity index is 812. The average Bonchev–Trinajstić information content (AvgIpc) is 2.63. The van der Waals surface area contributed by atoms with Crippen LogP contribution in [-0.4, -0.2) is 5.71 Å². The lowest BCUT2D eigenvalue weighted by Crippen LogP contribution is -2.38. The fourth-order valence-corrected chi connectivity index (χ4v) is 3.24. The highest BCUT2D eigenvalue weighted by molar-refractivity contribution is 6.05. The average molecular weight is 298 g/mol. The summed E-state index contributed by atoms with van der Waals surface area (Å²) in [7, 11) is 0. The van der Waals surface area contributed by atoms with E-state index in [1.807, 2.05) is 12.1 Å². The van der Waals surface area contributed by atoms with Crippen molar-refractivity contribution in [3.05, 3.63) is 102 Å². The van der Waals surface area contributed by atoms with Gasteiger partial charge in [-0.3, -0.25) is 4.99 Å². The molecular weight excluding hydrogens is 280 g/mol. The van der Waals surface area contributed by atoms with E-state index in [9.17, 15) is 0 Å². The summed E-state index contributed by atoms with van der Waals surface area (Å²) in [6.45, 7) is 2.08. The van der Waals surface area contributed by atoms with Crippen LogP contribution in [0, 0.1) is 0 Å². The maximum atomic E-state index is 5.10. The van der Waals surface area contributed by atoms with Crippen LogP contribution in [0.2, 0.25) is 0 Å². The van der Waals surface area contributed by atoms with E-state index < -0.39 is 5.66 Å². The SMILES string of the molecule is CC1=NC(c2ccccc2)(c2ccccc2)Nc2ccccc21. The number of hydrogen-bond acceptors (Lipinski definition) is 2. The molecule has 1 N–H and O–H groups in total. The van der Waals surface area contributed by atoms with Gasteiger partial charge in [-0.05, 0) is 13.0 Å². The van der Waals surface area contributed by atoms with Crippen LogP contribution in [-0.2, 0) is 5.66 Å². The second-order valence-corrected chi connectivity index (χ2v) is 5.81. The van der Waals surface area contributed by atoms with Gasteiger partial charge in [-0.1, -0.05) is 78.9 Å². The Labute approximate surface area is 136 Å². The molecule has 4 rings (SSSR count). The molecule has 0 radical (unpaired) electrons. The number of anilines is 1. The first-order valence-corrected chi connectivity index (χ1v) is 7.85. The molecule has 1 heterocycles. The van der Waals surface area contributed by atoms with Crippen molar-refractivity contribution in [1.82, 2.24) is 0 Å². The monoisotopic (exact) mass is 298 g/mol. The Hall–Kier alpha value is -2.87. The van der Waals surface area contributed by atoms with E-state index in [0.717, 1.165) is 28.1 Å². The van der Waals surface area contributed by atoms with Crippen molar-refractivity contribution in [1.29, 1.82) is 0 Å². The highest BCUT2D eigenvalue weighted by atomic mass is 15.2. The minimum Gasteiger partial charge on any atom is -0.353 e. The van der Waals surface area contributed by atoms with Gasteiger partial charge in [-0.15, -0.1) is 0 Å². The molecule has 0 spiro atoms. The molecule has 0 fully saturated rings. The zero-order valence-corrected chi connectivity index (χ0v) is 13.0. The van der Waals surface area contributed by atoms with E-state index in [-0.39, 0.29) is 0 Å². The lowest BCUT2D eigenvalue weighted by atomic mass is 9.88. The van der Waals surface area contributed by atoms with Gasteiger partial charge in [0.05, 0.1) is 0 Å². The van der Waals surface area contributed by atoms with Gasteiger partial charge in [0.25, 0.3) is 0 Å².